The molecule has 1 unspecified atom stereocenters. The lowest BCUT2D eigenvalue weighted by molar-refractivity contribution is 0.0697. The van der Waals surface area contributed by atoms with Crippen LogP contribution in [0.3, 0.4) is 0 Å². The van der Waals surface area contributed by atoms with Crippen LogP contribution in [0.5, 0.6) is 0 Å². The van der Waals surface area contributed by atoms with E-state index in [0.717, 1.165) is 22.0 Å². The van der Waals surface area contributed by atoms with Crippen LogP contribution in [0, 0.1) is 13.8 Å². The number of carbonyl (C=O) groups is 1. The summed E-state index contributed by atoms with van der Waals surface area (Å²) in [4.78, 5) is 15.4. The quantitative estimate of drug-likeness (QED) is 0.895. The topological polar surface area (TPSA) is 62.2 Å². The molecule has 4 nitrogen and oxygen atoms in total. The highest BCUT2D eigenvalue weighted by Crippen LogP contribution is 2.24. The predicted molar refractivity (Wildman–Crippen MR) is 77.0 cm³/mol. The van der Waals surface area contributed by atoms with E-state index >= 15 is 0 Å². The molecule has 0 amide bonds. The Morgan fingerprint density at radius 2 is 2.16 bits per heavy atom. The molecular formula is C14H16N2O2S. The lowest BCUT2D eigenvalue weighted by atomic mass is 10.1. The number of carboxylic acid groups (broad SMARTS) is 1. The van der Waals surface area contributed by atoms with Crippen LogP contribution in [0.15, 0.2) is 23.6 Å². The van der Waals surface area contributed by atoms with Crippen molar-refractivity contribution in [2.75, 3.05) is 5.32 Å². The molecule has 1 atom stereocenters. The van der Waals surface area contributed by atoms with Gasteiger partial charge in [-0.25, -0.2) is 9.78 Å². The summed E-state index contributed by atoms with van der Waals surface area (Å²) < 4.78 is 0. The van der Waals surface area contributed by atoms with Gasteiger partial charge < -0.3 is 10.4 Å². The maximum absolute atomic E-state index is 11.0. The van der Waals surface area contributed by atoms with E-state index in [9.17, 15) is 4.79 Å². The third-order valence-electron chi connectivity index (χ3n) is 2.94. The smallest absolute Gasteiger partial charge is 0.335 e. The Kier molecular flexibility index (Phi) is 3.85. The summed E-state index contributed by atoms with van der Waals surface area (Å²) in [6.45, 7) is 5.94. The number of nitrogens with one attached hydrogen (secondary N) is 1. The molecule has 100 valence electrons. The Balaban J connectivity index is 2.22. The molecule has 0 aliphatic carbocycles. The molecule has 5 heteroatoms. The summed E-state index contributed by atoms with van der Waals surface area (Å²) in [6.07, 6.45) is 0. The molecule has 19 heavy (non-hydrogen) atoms. The van der Waals surface area contributed by atoms with E-state index < -0.39 is 5.97 Å². The van der Waals surface area contributed by atoms with Crippen molar-refractivity contribution in [3.8, 4) is 0 Å². The van der Waals surface area contributed by atoms with Gasteiger partial charge in [-0.1, -0.05) is 6.07 Å². The van der Waals surface area contributed by atoms with Gasteiger partial charge in [0, 0.05) is 11.1 Å². The molecule has 0 radical (unpaired) electrons. The zero-order chi connectivity index (χ0) is 14.0. The maximum atomic E-state index is 11.0. The third-order valence-corrected chi connectivity index (χ3v) is 3.73. The summed E-state index contributed by atoms with van der Waals surface area (Å²) in [7, 11) is 0. The van der Waals surface area contributed by atoms with E-state index in [1.807, 2.05) is 32.2 Å². The van der Waals surface area contributed by atoms with Crippen molar-refractivity contribution in [1.82, 2.24) is 4.98 Å². The van der Waals surface area contributed by atoms with Gasteiger partial charge in [0.15, 0.2) is 0 Å². The second-order valence-corrected chi connectivity index (χ2v) is 5.55. The number of hydrogen-bond acceptors (Lipinski definition) is 4. The molecule has 0 saturated carbocycles. The van der Waals surface area contributed by atoms with E-state index in [1.54, 1.807) is 23.5 Å². The van der Waals surface area contributed by atoms with Crippen molar-refractivity contribution < 1.29 is 9.90 Å². The molecule has 2 N–H and O–H groups in total. The Morgan fingerprint density at radius 3 is 2.74 bits per heavy atom. The Labute approximate surface area is 116 Å². The van der Waals surface area contributed by atoms with Crippen LogP contribution in [0.25, 0.3) is 0 Å². The normalized spacial score (nSPS) is 12.2. The van der Waals surface area contributed by atoms with Crippen molar-refractivity contribution >= 4 is 23.0 Å². The van der Waals surface area contributed by atoms with Gasteiger partial charge in [-0.15, -0.1) is 11.3 Å². The fourth-order valence-electron chi connectivity index (χ4n) is 1.80. The monoisotopic (exact) mass is 276 g/mol. The SMILES string of the molecule is Cc1nc(C(C)Nc2cc(C(=O)O)ccc2C)cs1. The molecule has 2 rings (SSSR count). The molecular weight excluding hydrogens is 260 g/mol. The number of aromatic nitrogens is 1. The van der Waals surface area contributed by atoms with Crippen LogP contribution in [-0.4, -0.2) is 16.1 Å². The number of aryl methyl sites for hydroxylation is 2. The Morgan fingerprint density at radius 1 is 1.42 bits per heavy atom. The second-order valence-electron chi connectivity index (χ2n) is 4.49. The predicted octanol–water partition coefficient (Wildman–Crippen LogP) is 3.63. The average Bonchev–Trinajstić information content (AvgIpc) is 2.78. The molecule has 0 bridgehead atoms. The lowest BCUT2D eigenvalue weighted by Crippen LogP contribution is -2.09. The first-order chi connectivity index (χ1) is 8.97. The van der Waals surface area contributed by atoms with Crippen LogP contribution >= 0.6 is 11.3 Å². The Hall–Kier alpha value is -1.88. The molecule has 0 spiro atoms. The van der Waals surface area contributed by atoms with E-state index in [2.05, 4.69) is 10.3 Å². The van der Waals surface area contributed by atoms with Gasteiger partial charge in [0.1, 0.15) is 0 Å². The van der Waals surface area contributed by atoms with Crippen molar-refractivity contribution in [1.29, 1.82) is 0 Å². The molecule has 0 fully saturated rings. The van der Waals surface area contributed by atoms with Gasteiger partial charge in [-0.05, 0) is 38.5 Å². The fourth-order valence-corrected chi connectivity index (χ4v) is 2.50. The first-order valence-electron chi connectivity index (χ1n) is 6.00. The van der Waals surface area contributed by atoms with Crippen molar-refractivity contribution in [3.05, 3.63) is 45.4 Å². The Bertz CT molecular complexity index is 607. The minimum Gasteiger partial charge on any atom is -0.478 e. The maximum Gasteiger partial charge on any atom is 0.335 e. The summed E-state index contributed by atoms with van der Waals surface area (Å²) in [5.41, 5.74) is 3.11. The third kappa shape index (κ3) is 3.12. The van der Waals surface area contributed by atoms with Gasteiger partial charge >= 0.3 is 5.97 Å². The summed E-state index contributed by atoms with van der Waals surface area (Å²) >= 11 is 1.61. The molecule has 2 aromatic rings. The summed E-state index contributed by atoms with van der Waals surface area (Å²) in [5.74, 6) is -0.916. The van der Waals surface area contributed by atoms with Crippen LogP contribution in [0.2, 0.25) is 0 Å². The van der Waals surface area contributed by atoms with Gasteiger partial charge in [-0.2, -0.15) is 0 Å². The summed E-state index contributed by atoms with van der Waals surface area (Å²) in [5, 5.41) is 15.4. The molecule has 1 heterocycles. The fraction of sp³-hybridized carbons (Fsp3) is 0.286. The number of anilines is 1. The molecule has 0 saturated heterocycles. The number of nitrogens with zero attached hydrogens (tertiary/aromatic N) is 1. The number of thiazole rings is 1. The van der Waals surface area contributed by atoms with E-state index in [-0.39, 0.29) is 11.6 Å². The van der Waals surface area contributed by atoms with Crippen LogP contribution in [0.4, 0.5) is 5.69 Å². The zero-order valence-corrected chi connectivity index (χ0v) is 11.9. The standard InChI is InChI=1S/C14H16N2O2S/c1-8-4-5-11(14(17)18)6-12(8)15-9(2)13-7-19-10(3)16-13/h4-7,9,15H,1-3H3,(H,17,18). The second kappa shape index (κ2) is 5.40. The minimum absolute atomic E-state index is 0.0488. The van der Waals surface area contributed by atoms with Crippen molar-refractivity contribution in [2.24, 2.45) is 0 Å². The highest BCUT2D eigenvalue weighted by atomic mass is 32.1. The van der Waals surface area contributed by atoms with Crippen molar-refractivity contribution in [2.45, 2.75) is 26.8 Å². The lowest BCUT2D eigenvalue weighted by Gasteiger charge is -2.15. The summed E-state index contributed by atoms with van der Waals surface area (Å²) in [6, 6.07) is 5.13. The van der Waals surface area contributed by atoms with Gasteiger partial charge in [0.2, 0.25) is 0 Å². The minimum atomic E-state index is -0.916. The first-order valence-corrected chi connectivity index (χ1v) is 6.88. The molecule has 0 aliphatic rings. The average molecular weight is 276 g/mol. The highest BCUT2D eigenvalue weighted by Gasteiger charge is 2.12. The molecule has 0 aliphatic heterocycles. The number of aromatic carboxylic acids is 1. The van der Waals surface area contributed by atoms with Gasteiger partial charge in [0.25, 0.3) is 0 Å². The molecule has 1 aromatic carbocycles. The van der Waals surface area contributed by atoms with Crippen LogP contribution in [0.1, 0.15) is 39.6 Å². The highest BCUT2D eigenvalue weighted by molar-refractivity contribution is 7.09. The number of rotatable bonds is 4. The van der Waals surface area contributed by atoms with Gasteiger partial charge in [-0.3, -0.25) is 0 Å². The number of benzene rings is 1. The number of carboxylic acids is 1. The first kappa shape index (κ1) is 13.5. The van der Waals surface area contributed by atoms with Crippen LogP contribution < -0.4 is 5.32 Å². The van der Waals surface area contributed by atoms with Crippen molar-refractivity contribution in [3.63, 3.8) is 0 Å². The van der Waals surface area contributed by atoms with Gasteiger partial charge in [0.05, 0.1) is 22.3 Å². The largest absolute Gasteiger partial charge is 0.478 e. The van der Waals surface area contributed by atoms with E-state index in [4.69, 9.17) is 5.11 Å². The van der Waals surface area contributed by atoms with E-state index in [0.29, 0.717) is 0 Å². The van der Waals surface area contributed by atoms with E-state index in [1.165, 1.54) is 0 Å². The van der Waals surface area contributed by atoms with Crippen LogP contribution in [-0.2, 0) is 0 Å². The molecule has 1 aromatic heterocycles. The zero-order valence-electron chi connectivity index (χ0n) is 11.1. The number of hydrogen-bond donors (Lipinski definition) is 2.